The standard InChI is InChI=1S/C12H24N2O.ClH/c1-12(2)8-13-11(15-9-12)10-5-4-6-14(3)7-10;/h10-11,13H,4-9H2,1-3H3;1H. The van der Waals surface area contributed by atoms with E-state index in [-0.39, 0.29) is 12.4 Å². The molecule has 2 aliphatic rings. The lowest BCUT2D eigenvalue weighted by atomic mass is 9.90. The maximum atomic E-state index is 5.94. The minimum atomic E-state index is 0. The van der Waals surface area contributed by atoms with Gasteiger partial charge in [-0.25, -0.2) is 0 Å². The van der Waals surface area contributed by atoms with Crippen molar-refractivity contribution in [3.05, 3.63) is 0 Å². The number of rotatable bonds is 1. The smallest absolute Gasteiger partial charge is 0.112 e. The molecule has 2 unspecified atom stereocenters. The highest BCUT2D eigenvalue weighted by Gasteiger charge is 2.33. The Bertz CT molecular complexity index is 213. The van der Waals surface area contributed by atoms with Gasteiger partial charge in [-0.1, -0.05) is 13.8 Å². The summed E-state index contributed by atoms with van der Waals surface area (Å²) in [6, 6.07) is 0. The minimum Gasteiger partial charge on any atom is -0.362 e. The van der Waals surface area contributed by atoms with Gasteiger partial charge in [0.15, 0.2) is 0 Å². The first-order valence-corrected chi connectivity index (χ1v) is 6.10. The van der Waals surface area contributed by atoms with E-state index in [1.165, 1.54) is 25.9 Å². The molecule has 2 atom stereocenters. The number of ether oxygens (including phenoxy) is 1. The molecule has 2 saturated heterocycles. The lowest BCUT2D eigenvalue weighted by molar-refractivity contribution is -0.0954. The van der Waals surface area contributed by atoms with Crippen molar-refractivity contribution in [2.75, 3.05) is 33.3 Å². The molecule has 0 radical (unpaired) electrons. The number of halogens is 1. The van der Waals surface area contributed by atoms with E-state index in [0.29, 0.717) is 17.6 Å². The Morgan fingerprint density at radius 2 is 2.12 bits per heavy atom. The van der Waals surface area contributed by atoms with Crippen LogP contribution in [0.2, 0.25) is 0 Å². The second-order valence-corrected chi connectivity index (χ2v) is 5.94. The van der Waals surface area contributed by atoms with Crippen LogP contribution in [0, 0.1) is 11.3 Å². The molecule has 1 N–H and O–H groups in total. The van der Waals surface area contributed by atoms with E-state index in [0.717, 1.165) is 13.2 Å². The summed E-state index contributed by atoms with van der Waals surface area (Å²) in [5.74, 6) is 0.680. The first-order chi connectivity index (χ1) is 7.07. The predicted molar refractivity (Wildman–Crippen MR) is 69.0 cm³/mol. The first kappa shape index (κ1) is 14.2. The van der Waals surface area contributed by atoms with Gasteiger partial charge < -0.3 is 9.64 Å². The molecule has 0 spiro atoms. The molecule has 0 aromatic rings. The van der Waals surface area contributed by atoms with E-state index in [1.54, 1.807) is 0 Å². The summed E-state index contributed by atoms with van der Waals surface area (Å²) >= 11 is 0. The number of nitrogens with one attached hydrogen (secondary N) is 1. The quantitative estimate of drug-likeness (QED) is 0.765. The number of piperidine rings is 1. The topological polar surface area (TPSA) is 24.5 Å². The van der Waals surface area contributed by atoms with Gasteiger partial charge in [0, 0.05) is 24.4 Å². The highest BCUT2D eigenvalue weighted by atomic mass is 35.5. The van der Waals surface area contributed by atoms with Gasteiger partial charge in [-0.15, -0.1) is 12.4 Å². The average molecular weight is 249 g/mol. The lowest BCUT2D eigenvalue weighted by Gasteiger charge is -2.41. The summed E-state index contributed by atoms with van der Waals surface area (Å²) < 4.78 is 5.94. The molecule has 4 heteroatoms. The lowest BCUT2D eigenvalue weighted by Crippen LogP contribution is -2.53. The highest BCUT2D eigenvalue weighted by Crippen LogP contribution is 2.26. The summed E-state index contributed by atoms with van der Waals surface area (Å²) in [6.07, 6.45) is 2.91. The molecule has 0 aromatic heterocycles. The summed E-state index contributed by atoms with van der Waals surface area (Å²) in [5.41, 5.74) is 0.303. The summed E-state index contributed by atoms with van der Waals surface area (Å²) in [5, 5.41) is 3.55. The number of likely N-dealkylation sites (tertiary alicyclic amines) is 1. The number of nitrogens with zero attached hydrogens (tertiary/aromatic N) is 1. The Balaban J connectivity index is 0.00000128. The molecule has 2 heterocycles. The monoisotopic (exact) mass is 248 g/mol. The van der Waals surface area contributed by atoms with E-state index >= 15 is 0 Å². The fourth-order valence-corrected chi connectivity index (χ4v) is 2.56. The van der Waals surface area contributed by atoms with Crippen molar-refractivity contribution in [3.8, 4) is 0 Å². The van der Waals surface area contributed by atoms with Gasteiger partial charge in [-0.3, -0.25) is 5.32 Å². The van der Waals surface area contributed by atoms with Crippen LogP contribution in [0.25, 0.3) is 0 Å². The number of hydrogen-bond donors (Lipinski definition) is 1. The fourth-order valence-electron chi connectivity index (χ4n) is 2.56. The number of hydrogen-bond acceptors (Lipinski definition) is 3. The molecule has 2 fully saturated rings. The average Bonchev–Trinajstić information content (AvgIpc) is 2.17. The molecule has 0 amide bonds. The van der Waals surface area contributed by atoms with Crippen molar-refractivity contribution in [2.45, 2.75) is 32.9 Å². The molecule has 96 valence electrons. The van der Waals surface area contributed by atoms with Crippen LogP contribution in [0.3, 0.4) is 0 Å². The Kier molecular flexibility index (Phi) is 5.05. The molecule has 0 aliphatic carbocycles. The van der Waals surface area contributed by atoms with Gasteiger partial charge in [0.1, 0.15) is 6.23 Å². The molecular weight excluding hydrogens is 224 g/mol. The SMILES string of the molecule is CN1CCCC(C2NCC(C)(C)CO2)C1.Cl. The van der Waals surface area contributed by atoms with Crippen LogP contribution in [-0.4, -0.2) is 44.4 Å². The summed E-state index contributed by atoms with van der Waals surface area (Å²) in [6.45, 7) is 8.90. The third-order valence-corrected chi connectivity index (χ3v) is 3.52. The van der Waals surface area contributed by atoms with Gasteiger partial charge in [-0.05, 0) is 26.4 Å². The van der Waals surface area contributed by atoms with Crippen molar-refractivity contribution >= 4 is 12.4 Å². The predicted octanol–water partition coefficient (Wildman–Crippen LogP) is 1.72. The van der Waals surface area contributed by atoms with Crippen LogP contribution >= 0.6 is 12.4 Å². The molecule has 0 aromatic carbocycles. The van der Waals surface area contributed by atoms with E-state index in [4.69, 9.17) is 4.74 Å². The zero-order chi connectivity index (χ0) is 10.9. The molecular formula is C12H25ClN2O. The summed E-state index contributed by atoms with van der Waals surface area (Å²) in [7, 11) is 2.21. The second-order valence-electron chi connectivity index (χ2n) is 5.94. The van der Waals surface area contributed by atoms with E-state index in [1.807, 2.05) is 0 Å². The van der Waals surface area contributed by atoms with Crippen LogP contribution in [0.1, 0.15) is 26.7 Å². The summed E-state index contributed by atoms with van der Waals surface area (Å²) in [4.78, 5) is 2.42. The van der Waals surface area contributed by atoms with Crippen molar-refractivity contribution in [1.82, 2.24) is 10.2 Å². The molecule has 16 heavy (non-hydrogen) atoms. The van der Waals surface area contributed by atoms with Crippen LogP contribution in [0.4, 0.5) is 0 Å². The first-order valence-electron chi connectivity index (χ1n) is 6.10. The van der Waals surface area contributed by atoms with Gasteiger partial charge in [0.2, 0.25) is 0 Å². The molecule has 2 aliphatic heterocycles. The van der Waals surface area contributed by atoms with Gasteiger partial charge in [0.05, 0.1) is 6.61 Å². The van der Waals surface area contributed by atoms with E-state index < -0.39 is 0 Å². The van der Waals surface area contributed by atoms with Crippen LogP contribution in [-0.2, 0) is 4.74 Å². The van der Waals surface area contributed by atoms with Crippen LogP contribution < -0.4 is 5.32 Å². The second kappa shape index (κ2) is 5.67. The van der Waals surface area contributed by atoms with Gasteiger partial charge in [-0.2, -0.15) is 0 Å². The maximum Gasteiger partial charge on any atom is 0.112 e. The van der Waals surface area contributed by atoms with E-state index in [2.05, 4.69) is 31.1 Å². The Labute approximate surface area is 105 Å². The molecule has 0 bridgehead atoms. The minimum absolute atomic E-state index is 0. The van der Waals surface area contributed by atoms with Crippen molar-refractivity contribution < 1.29 is 4.74 Å². The third-order valence-electron chi connectivity index (χ3n) is 3.52. The molecule has 2 rings (SSSR count). The van der Waals surface area contributed by atoms with Gasteiger partial charge >= 0.3 is 0 Å². The Morgan fingerprint density at radius 1 is 1.38 bits per heavy atom. The third kappa shape index (κ3) is 3.59. The maximum absolute atomic E-state index is 5.94. The van der Waals surface area contributed by atoms with Crippen molar-refractivity contribution in [1.29, 1.82) is 0 Å². The highest BCUT2D eigenvalue weighted by molar-refractivity contribution is 5.85. The Morgan fingerprint density at radius 3 is 2.69 bits per heavy atom. The fraction of sp³-hybridized carbons (Fsp3) is 1.00. The molecule has 3 nitrogen and oxygen atoms in total. The van der Waals surface area contributed by atoms with Crippen LogP contribution in [0.5, 0.6) is 0 Å². The van der Waals surface area contributed by atoms with Crippen LogP contribution in [0.15, 0.2) is 0 Å². The molecule has 0 saturated carbocycles. The van der Waals surface area contributed by atoms with Crippen molar-refractivity contribution in [3.63, 3.8) is 0 Å². The van der Waals surface area contributed by atoms with Crippen molar-refractivity contribution in [2.24, 2.45) is 11.3 Å². The largest absolute Gasteiger partial charge is 0.362 e. The normalized spacial score (nSPS) is 35.4. The van der Waals surface area contributed by atoms with Gasteiger partial charge in [0.25, 0.3) is 0 Å². The Hall–Kier alpha value is 0.170. The van der Waals surface area contributed by atoms with E-state index in [9.17, 15) is 0 Å². The zero-order valence-corrected chi connectivity index (χ0v) is 11.5. The zero-order valence-electron chi connectivity index (χ0n) is 10.7.